The van der Waals surface area contributed by atoms with Crippen LogP contribution in [0.5, 0.6) is 11.5 Å². The monoisotopic (exact) mass is 338 g/mol. The number of anilines is 1. The van der Waals surface area contributed by atoms with Crippen molar-refractivity contribution in [2.45, 2.75) is 26.7 Å². The minimum absolute atomic E-state index is 0.141. The summed E-state index contributed by atoms with van der Waals surface area (Å²) >= 11 is 0. The molecule has 0 aliphatic rings. The summed E-state index contributed by atoms with van der Waals surface area (Å²) in [6.45, 7) is 6.35. The van der Waals surface area contributed by atoms with Gasteiger partial charge in [0.25, 0.3) is 5.91 Å². The second-order valence-corrected chi connectivity index (χ2v) is 5.82. The molecule has 0 heterocycles. The predicted octanol–water partition coefficient (Wildman–Crippen LogP) is 4.10. The van der Waals surface area contributed by atoms with Crippen LogP contribution in [0.3, 0.4) is 0 Å². The van der Waals surface area contributed by atoms with E-state index in [-0.39, 0.29) is 12.5 Å². The molecule has 0 unspecified atom stereocenters. The number of benzene rings is 2. The van der Waals surface area contributed by atoms with Crippen molar-refractivity contribution in [3.63, 3.8) is 0 Å². The van der Waals surface area contributed by atoms with Crippen molar-refractivity contribution in [1.29, 1.82) is 5.26 Å². The zero-order chi connectivity index (χ0) is 18.2. The first-order valence-corrected chi connectivity index (χ1v) is 8.23. The molecule has 1 N–H and O–H groups in total. The zero-order valence-corrected chi connectivity index (χ0v) is 14.7. The van der Waals surface area contributed by atoms with Gasteiger partial charge in [-0.3, -0.25) is 4.79 Å². The molecule has 2 aromatic rings. The van der Waals surface area contributed by atoms with E-state index in [0.717, 1.165) is 11.3 Å². The van der Waals surface area contributed by atoms with Gasteiger partial charge in [0.05, 0.1) is 18.2 Å². The Kier molecular flexibility index (Phi) is 6.41. The number of nitriles is 1. The van der Waals surface area contributed by atoms with Crippen LogP contribution in [0.25, 0.3) is 0 Å². The van der Waals surface area contributed by atoms with Crippen LogP contribution in [0.2, 0.25) is 0 Å². The summed E-state index contributed by atoms with van der Waals surface area (Å²) in [5.74, 6) is 1.02. The smallest absolute Gasteiger partial charge is 0.262 e. The third-order valence-electron chi connectivity index (χ3n) is 3.57. The van der Waals surface area contributed by atoms with Crippen LogP contribution in [0, 0.1) is 11.3 Å². The van der Waals surface area contributed by atoms with Gasteiger partial charge in [-0.2, -0.15) is 5.26 Å². The van der Waals surface area contributed by atoms with Crippen molar-refractivity contribution in [3.8, 4) is 17.6 Å². The number of carbonyl (C=O) groups is 1. The number of carbonyl (C=O) groups excluding carboxylic acids is 1. The zero-order valence-electron chi connectivity index (χ0n) is 14.7. The Balaban J connectivity index is 2.00. The second-order valence-electron chi connectivity index (χ2n) is 5.82. The molecule has 0 saturated carbocycles. The van der Waals surface area contributed by atoms with Crippen LogP contribution < -0.4 is 14.8 Å². The van der Waals surface area contributed by atoms with Crippen LogP contribution in [-0.4, -0.2) is 19.1 Å². The number of hydrogen-bond donors (Lipinski definition) is 1. The van der Waals surface area contributed by atoms with Gasteiger partial charge in [-0.25, -0.2) is 0 Å². The Labute approximate surface area is 148 Å². The first-order chi connectivity index (χ1) is 12.0. The molecule has 0 saturated heterocycles. The van der Waals surface area contributed by atoms with Crippen LogP contribution in [0.15, 0.2) is 42.5 Å². The van der Waals surface area contributed by atoms with Crippen molar-refractivity contribution in [1.82, 2.24) is 0 Å². The van der Waals surface area contributed by atoms with Gasteiger partial charge < -0.3 is 14.8 Å². The first-order valence-electron chi connectivity index (χ1n) is 8.23. The third-order valence-corrected chi connectivity index (χ3v) is 3.57. The van der Waals surface area contributed by atoms with E-state index in [9.17, 15) is 4.79 Å². The lowest BCUT2D eigenvalue weighted by molar-refractivity contribution is -0.118. The molecule has 2 aromatic carbocycles. The molecule has 0 atom stereocenters. The van der Waals surface area contributed by atoms with Crippen molar-refractivity contribution < 1.29 is 14.3 Å². The molecule has 0 fully saturated rings. The fourth-order valence-corrected chi connectivity index (χ4v) is 2.28. The van der Waals surface area contributed by atoms with Gasteiger partial charge in [0.2, 0.25) is 0 Å². The van der Waals surface area contributed by atoms with Gasteiger partial charge in [-0.1, -0.05) is 26.0 Å². The largest absolute Gasteiger partial charge is 0.490 e. The highest BCUT2D eigenvalue weighted by Crippen LogP contribution is 2.28. The van der Waals surface area contributed by atoms with Gasteiger partial charge >= 0.3 is 0 Å². The topological polar surface area (TPSA) is 71.3 Å². The molecule has 130 valence electrons. The lowest BCUT2D eigenvalue weighted by Crippen LogP contribution is -2.20. The third kappa shape index (κ3) is 5.25. The summed E-state index contributed by atoms with van der Waals surface area (Å²) < 4.78 is 11.0. The fourth-order valence-electron chi connectivity index (χ4n) is 2.28. The summed E-state index contributed by atoms with van der Waals surface area (Å²) in [6.07, 6.45) is 0. The molecule has 0 aliphatic heterocycles. The van der Waals surface area contributed by atoms with Gasteiger partial charge in [-0.05, 0) is 42.7 Å². The van der Waals surface area contributed by atoms with E-state index < -0.39 is 0 Å². The number of ether oxygens (including phenoxy) is 2. The van der Waals surface area contributed by atoms with E-state index in [2.05, 4.69) is 25.2 Å². The minimum Gasteiger partial charge on any atom is -0.490 e. The maximum absolute atomic E-state index is 12.1. The second kappa shape index (κ2) is 8.74. The van der Waals surface area contributed by atoms with Crippen molar-refractivity contribution >= 4 is 11.6 Å². The molecule has 0 aromatic heterocycles. The molecular formula is C20H22N2O3. The maximum atomic E-state index is 12.1. The van der Waals surface area contributed by atoms with Crippen LogP contribution in [0.4, 0.5) is 5.69 Å². The number of nitrogens with zero attached hydrogens (tertiary/aromatic N) is 1. The molecule has 1 amide bonds. The molecule has 5 heteroatoms. The van der Waals surface area contributed by atoms with Crippen molar-refractivity contribution in [2.75, 3.05) is 18.5 Å². The van der Waals surface area contributed by atoms with E-state index in [0.29, 0.717) is 29.6 Å². The predicted molar refractivity (Wildman–Crippen MR) is 97.0 cm³/mol. The van der Waals surface area contributed by atoms with Gasteiger partial charge in [0.1, 0.15) is 0 Å². The normalized spacial score (nSPS) is 10.2. The fraction of sp³-hybridized carbons (Fsp3) is 0.300. The summed E-state index contributed by atoms with van der Waals surface area (Å²) in [7, 11) is 0. The van der Waals surface area contributed by atoms with E-state index >= 15 is 0 Å². The van der Waals surface area contributed by atoms with E-state index in [1.165, 1.54) is 0 Å². The summed E-state index contributed by atoms with van der Waals surface area (Å²) in [5.41, 5.74) is 2.37. The van der Waals surface area contributed by atoms with Crippen LogP contribution in [0.1, 0.15) is 37.8 Å². The highest BCUT2D eigenvalue weighted by Gasteiger charge is 2.10. The Morgan fingerprint density at radius 1 is 1.16 bits per heavy atom. The summed E-state index contributed by atoms with van der Waals surface area (Å²) in [5, 5.41) is 11.8. The number of amides is 1. The Morgan fingerprint density at radius 2 is 1.96 bits per heavy atom. The quantitative estimate of drug-likeness (QED) is 0.825. The molecule has 0 aliphatic carbocycles. The van der Waals surface area contributed by atoms with E-state index in [1.807, 2.05) is 31.2 Å². The lowest BCUT2D eigenvalue weighted by atomic mass is 10.0. The summed E-state index contributed by atoms with van der Waals surface area (Å²) in [4.78, 5) is 12.1. The average molecular weight is 338 g/mol. The molecule has 2 rings (SSSR count). The molecule has 0 bridgehead atoms. The van der Waals surface area contributed by atoms with E-state index in [4.69, 9.17) is 14.7 Å². The minimum atomic E-state index is -0.257. The van der Waals surface area contributed by atoms with Gasteiger partial charge in [0.15, 0.2) is 18.1 Å². The SMILES string of the molecule is CCOc1cc(C#N)ccc1OCC(=O)Nc1cccc(C(C)C)c1. The maximum Gasteiger partial charge on any atom is 0.262 e. The molecule has 25 heavy (non-hydrogen) atoms. The van der Waals surface area contributed by atoms with Crippen molar-refractivity contribution in [3.05, 3.63) is 53.6 Å². The highest BCUT2D eigenvalue weighted by molar-refractivity contribution is 5.92. The molecular weight excluding hydrogens is 316 g/mol. The van der Waals surface area contributed by atoms with Gasteiger partial charge in [-0.15, -0.1) is 0 Å². The Hall–Kier alpha value is -3.00. The first kappa shape index (κ1) is 18.3. The Morgan fingerprint density at radius 3 is 2.64 bits per heavy atom. The van der Waals surface area contributed by atoms with Crippen LogP contribution in [-0.2, 0) is 4.79 Å². The Bertz CT molecular complexity index is 779. The van der Waals surface area contributed by atoms with E-state index in [1.54, 1.807) is 18.2 Å². The van der Waals surface area contributed by atoms with Gasteiger partial charge in [0, 0.05) is 11.8 Å². The average Bonchev–Trinajstić information content (AvgIpc) is 2.61. The summed E-state index contributed by atoms with van der Waals surface area (Å²) in [6, 6.07) is 14.7. The lowest BCUT2D eigenvalue weighted by Gasteiger charge is -2.13. The highest BCUT2D eigenvalue weighted by atomic mass is 16.5. The molecule has 5 nitrogen and oxygen atoms in total. The number of rotatable bonds is 7. The molecule has 0 spiro atoms. The van der Waals surface area contributed by atoms with Crippen LogP contribution >= 0.6 is 0 Å². The number of nitrogens with one attached hydrogen (secondary N) is 1. The molecule has 0 radical (unpaired) electrons. The number of hydrogen-bond acceptors (Lipinski definition) is 4. The van der Waals surface area contributed by atoms with Crippen molar-refractivity contribution in [2.24, 2.45) is 0 Å². The standard InChI is InChI=1S/C20H22N2O3/c1-4-24-19-10-15(12-21)8-9-18(19)25-13-20(23)22-17-7-5-6-16(11-17)14(2)3/h5-11,14H,4,13H2,1-3H3,(H,22,23).